The predicted octanol–water partition coefficient (Wildman–Crippen LogP) is 2.96. The van der Waals surface area contributed by atoms with E-state index in [4.69, 9.17) is 17.3 Å². The van der Waals surface area contributed by atoms with Gasteiger partial charge in [0.05, 0.1) is 5.41 Å². The Labute approximate surface area is 131 Å². The second-order valence-corrected chi connectivity index (χ2v) is 6.87. The van der Waals surface area contributed by atoms with Gasteiger partial charge in [0.2, 0.25) is 5.91 Å². The Balaban J connectivity index is 1.82. The van der Waals surface area contributed by atoms with Gasteiger partial charge in [-0.2, -0.15) is 0 Å². The summed E-state index contributed by atoms with van der Waals surface area (Å²) in [6.07, 6.45) is 5.26. The van der Waals surface area contributed by atoms with Crippen molar-refractivity contribution in [3.63, 3.8) is 0 Å². The zero-order chi connectivity index (χ0) is 14.9. The molecule has 0 bridgehead atoms. The molecule has 114 valence electrons. The molecule has 1 amide bonds. The quantitative estimate of drug-likeness (QED) is 0.933. The summed E-state index contributed by atoms with van der Waals surface area (Å²) in [6.45, 7) is 2.38. The molecule has 21 heavy (non-hydrogen) atoms. The summed E-state index contributed by atoms with van der Waals surface area (Å²) in [5, 5.41) is 0.724. The highest BCUT2D eigenvalue weighted by Crippen LogP contribution is 2.45. The Morgan fingerprint density at radius 2 is 2.00 bits per heavy atom. The normalized spacial score (nSPS) is 24.5. The first-order chi connectivity index (χ1) is 10.2. The number of hydrogen-bond donors (Lipinski definition) is 1. The van der Waals surface area contributed by atoms with Gasteiger partial charge in [0.15, 0.2) is 0 Å². The molecule has 3 nitrogen and oxygen atoms in total. The molecule has 0 aromatic heterocycles. The summed E-state index contributed by atoms with van der Waals surface area (Å²) < 4.78 is 0. The van der Waals surface area contributed by atoms with E-state index >= 15 is 0 Å². The number of benzene rings is 1. The predicted molar refractivity (Wildman–Crippen MR) is 85.3 cm³/mol. The number of likely N-dealkylation sites (tertiary alicyclic amines) is 1. The van der Waals surface area contributed by atoms with Crippen LogP contribution in [0.25, 0.3) is 0 Å². The summed E-state index contributed by atoms with van der Waals surface area (Å²) in [5.74, 6) is 0.763. The van der Waals surface area contributed by atoms with E-state index in [0.717, 1.165) is 55.8 Å². The summed E-state index contributed by atoms with van der Waals surface area (Å²) in [7, 11) is 0. The third-order valence-corrected chi connectivity index (χ3v) is 5.40. The van der Waals surface area contributed by atoms with E-state index in [9.17, 15) is 4.79 Å². The standard InChI is InChI=1S/C17H23ClN2O/c18-15-6-4-14(5-7-15)17(8-2-9-17)16(21)20-10-1-3-13(11-19)12-20/h4-7,13H,1-3,8-12,19H2. The minimum Gasteiger partial charge on any atom is -0.342 e. The zero-order valence-electron chi connectivity index (χ0n) is 12.4. The van der Waals surface area contributed by atoms with Gasteiger partial charge in [0.25, 0.3) is 0 Å². The van der Waals surface area contributed by atoms with Gasteiger partial charge in [-0.1, -0.05) is 30.2 Å². The van der Waals surface area contributed by atoms with E-state index < -0.39 is 0 Å². The van der Waals surface area contributed by atoms with Crippen molar-refractivity contribution >= 4 is 17.5 Å². The molecule has 2 fully saturated rings. The van der Waals surface area contributed by atoms with E-state index in [-0.39, 0.29) is 5.41 Å². The molecule has 1 aromatic carbocycles. The van der Waals surface area contributed by atoms with Gasteiger partial charge in [-0.15, -0.1) is 0 Å². The molecule has 1 aliphatic carbocycles. The van der Waals surface area contributed by atoms with E-state index in [0.29, 0.717) is 18.4 Å². The maximum atomic E-state index is 13.1. The van der Waals surface area contributed by atoms with Crippen LogP contribution in [0.1, 0.15) is 37.7 Å². The number of hydrogen-bond acceptors (Lipinski definition) is 2. The molecule has 1 atom stereocenters. The molecule has 1 aromatic rings. The maximum Gasteiger partial charge on any atom is 0.233 e. The maximum absolute atomic E-state index is 13.1. The number of nitrogens with zero attached hydrogens (tertiary/aromatic N) is 1. The molecule has 1 aliphatic heterocycles. The summed E-state index contributed by atoms with van der Waals surface area (Å²) in [6, 6.07) is 7.82. The average Bonchev–Trinajstić information content (AvgIpc) is 2.48. The first kappa shape index (κ1) is 14.9. The van der Waals surface area contributed by atoms with Crippen LogP contribution in [0, 0.1) is 5.92 Å². The number of rotatable bonds is 3. The molecular formula is C17H23ClN2O. The summed E-state index contributed by atoms with van der Waals surface area (Å²) in [5.41, 5.74) is 6.61. The fourth-order valence-corrected chi connectivity index (χ4v) is 3.80. The lowest BCUT2D eigenvalue weighted by atomic mass is 9.63. The van der Waals surface area contributed by atoms with E-state index in [1.807, 2.05) is 24.3 Å². The minimum absolute atomic E-state index is 0.300. The van der Waals surface area contributed by atoms with Crippen molar-refractivity contribution in [1.29, 1.82) is 0 Å². The lowest BCUT2D eigenvalue weighted by Crippen LogP contribution is -2.54. The highest BCUT2D eigenvalue weighted by atomic mass is 35.5. The van der Waals surface area contributed by atoms with Gasteiger partial charge >= 0.3 is 0 Å². The van der Waals surface area contributed by atoms with Crippen LogP contribution in [-0.2, 0) is 10.2 Å². The fraction of sp³-hybridized carbons (Fsp3) is 0.588. The molecule has 1 unspecified atom stereocenters. The van der Waals surface area contributed by atoms with Crippen molar-refractivity contribution in [2.45, 2.75) is 37.5 Å². The Morgan fingerprint density at radius 1 is 1.29 bits per heavy atom. The number of amides is 1. The third-order valence-electron chi connectivity index (χ3n) is 5.15. The number of carbonyl (C=O) groups excluding carboxylic acids is 1. The van der Waals surface area contributed by atoms with Crippen LogP contribution in [-0.4, -0.2) is 30.4 Å². The van der Waals surface area contributed by atoms with Crippen LogP contribution in [0.5, 0.6) is 0 Å². The van der Waals surface area contributed by atoms with Crippen LogP contribution >= 0.6 is 11.6 Å². The molecule has 0 spiro atoms. The highest BCUT2D eigenvalue weighted by molar-refractivity contribution is 6.30. The molecule has 2 aliphatic rings. The first-order valence-electron chi connectivity index (χ1n) is 7.91. The monoisotopic (exact) mass is 306 g/mol. The van der Waals surface area contributed by atoms with Crippen molar-refractivity contribution < 1.29 is 4.79 Å². The average molecular weight is 307 g/mol. The Kier molecular flexibility index (Phi) is 4.23. The van der Waals surface area contributed by atoms with Crippen molar-refractivity contribution in [3.8, 4) is 0 Å². The van der Waals surface area contributed by atoms with E-state index in [1.165, 1.54) is 0 Å². The molecule has 0 radical (unpaired) electrons. The van der Waals surface area contributed by atoms with Crippen LogP contribution in [0.15, 0.2) is 24.3 Å². The first-order valence-corrected chi connectivity index (χ1v) is 8.29. The third kappa shape index (κ3) is 2.69. The molecule has 1 saturated heterocycles. The number of halogens is 1. The van der Waals surface area contributed by atoms with E-state index in [1.54, 1.807) is 0 Å². The van der Waals surface area contributed by atoms with Crippen LogP contribution in [0.3, 0.4) is 0 Å². The second-order valence-electron chi connectivity index (χ2n) is 6.44. The van der Waals surface area contributed by atoms with E-state index in [2.05, 4.69) is 4.90 Å². The van der Waals surface area contributed by atoms with Crippen molar-refractivity contribution in [1.82, 2.24) is 4.90 Å². The summed E-state index contributed by atoms with van der Waals surface area (Å²) in [4.78, 5) is 15.2. The molecule has 2 N–H and O–H groups in total. The minimum atomic E-state index is -0.304. The van der Waals surface area contributed by atoms with Gasteiger partial charge in [-0.25, -0.2) is 0 Å². The Morgan fingerprint density at radius 3 is 2.57 bits per heavy atom. The van der Waals surface area contributed by atoms with Crippen LogP contribution in [0.4, 0.5) is 0 Å². The number of carbonyl (C=O) groups is 1. The lowest BCUT2D eigenvalue weighted by Gasteiger charge is -2.46. The van der Waals surface area contributed by atoms with Crippen molar-refractivity contribution in [3.05, 3.63) is 34.9 Å². The largest absolute Gasteiger partial charge is 0.342 e. The topological polar surface area (TPSA) is 46.3 Å². The van der Waals surface area contributed by atoms with Gasteiger partial charge in [0, 0.05) is 18.1 Å². The molecule has 4 heteroatoms. The Bertz CT molecular complexity index is 510. The van der Waals surface area contributed by atoms with Crippen molar-refractivity contribution in [2.75, 3.05) is 19.6 Å². The molecule has 1 saturated carbocycles. The molecule has 3 rings (SSSR count). The molecular weight excluding hydrogens is 284 g/mol. The Hall–Kier alpha value is -1.06. The smallest absolute Gasteiger partial charge is 0.233 e. The van der Waals surface area contributed by atoms with Crippen LogP contribution < -0.4 is 5.73 Å². The highest BCUT2D eigenvalue weighted by Gasteiger charge is 2.48. The fourth-order valence-electron chi connectivity index (χ4n) is 3.67. The number of piperidine rings is 1. The molecule has 1 heterocycles. The lowest BCUT2D eigenvalue weighted by molar-refractivity contribution is -0.142. The van der Waals surface area contributed by atoms with Crippen LogP contribution in [0.2, 0.25) is 5.02 Å². The number of nitrogens with two attached hydrogens (primary N) is 1. The van der Waals surface area contributed by atoms with Gasteiger partial charge in [-0.05, 0) is 55.8 Å². The van der Waals surface area contributed by atoms with Gasteiger partial charge in [0.1, 0.15) is 0 Å². The second kappa shape index (κ2) is 5.98. The van der Waals surface area contributed by atoms with Gasteiger partial charge < -0.3 is 10.6 Å². The zero-order valence-corrected chi connectivity index (χ0v) is 13.1. The SMILES string of the molecule is NCC1CCCN(C(=O)C2(c3ccc(Cl)cc3)CCC2)C1. The van der Waals surface area contributed by atoms with Crippen molar-refractivity contribution in [2.24, 2.45) is 11.7 Å². The summed E-state index contributed by atoms with van der Waals surface area (Å²) >= 11 is 5.98. The van der Waals surface area contributed by atoms with Gasteiger partial charge in [-0.3, -0.25) is 4.79 Å².